The Hall–Kier alpha value is -2.56. The minimum Gasteiger partial charge on any atom is -0.481 e. The molecule has 2 aromatic rings. The maximum atomic E-state index is 12.4. The van der Waals surface area contributed by atoms with Crippen LogP contribution in [0.4, 0.5) is 0 Å². The Bertz CT molecular complexity index is 648. The van der Waals surface area contributed by atoms with Crippen molar-refractivity contribution in [3.8, 4) is 0 Å². The highest BCUT2D eigenvalue weighted by molar-refractivity contribution is 5.98. The van der Waals surface area contributed by atoms with Crippen LogP contribution in [0.15, 0.2) is 47.1 Å². The van der Waals surface area contributed by atoms with Gasteiger partial charge in [0.25, 0.3) is 5.91 Å². The normalized spacial score (nSPS) is 15.2. The van der Waals surface area contributed by atoms with Crippen LogP contribution in [0.5, 0.6) is 0 Å². The van der Waals surface area contributed by atoms with Crippen molar-refractivity contribution in [2.24, 2.45) is 0 Å². The van der Waals surface area contributed by atoms with Crippen LogP contribution >= 0.6 is 0 Å². The number of carbonyl (C=O) groups is 2. The third-order valence-electron chi connectivity index (χ3n) is 3.47. The molecule has 2 heterocycles. The Labute approximate surface area is 115 Å². The number of amides is 1. The second-order valence-electron chi connectivity index (χ2n) is 4.72. The van der Waals surface area contributed by atoms with Gasteiger partial charge in [0.2, 0.25) is 0 Å². The Morgan fingerprint density at radius 3 is 2.75 bits per heavy atom. The molecule has 0 radical (unpaired) electrons. The van der Waals surface area contributed by atoms with Crippen molar-refractivity contribution in [3.05, 3.63) is 59.5 Å². The number of benzene rings is 1. The third-order valence-corrected chi connectivity index (χ3v) is 3.47. The monoisotopic (exact) mass is 271 g/mol. The van der Waals surface area contributed by atoms with E-state index in [2.05, 4.69) is 0 Å². The molecule has 0 unspecified atom stereocenters. The molecule has 1 atom stereocenters. The number of furan rings is 1. The number of nitrogens with zero attached hydrogens (tertiary/aromatic N) is 1. The Morgan fingerprint density at radius 2 is 2.10 bits per heavy atom. The smallest absolute Gasteiger partial charge is 0.305 e. The van der Waals surface area contributed by atoms with Crippen LogP contribution in [0, 0.1) is 0 Å². The van der Waals surface area contributed by atoms with Crippen LogP contribution in [-0.2, 0) is 11.3 Å². The molecule has 102 valence electrons. The second kappa shape index (κ2) is 4.85. The summed E-state index contributed by atoms with van der Waals surface area (Å²) < 4.78 is 5.30. The van der Waals surface area contributed by atoms with Crippen molar-refractivity contribution in [1.29, 1.82) is 0 Å². The van der Waals surface area contributed by atoms with Crippen LogP contribution in [0.25, 0.3) is 0 Å². The molecule has 1 aliphatic heterocycles. The lowest BCUT2D eigenvalue weighted by molar-refractivity contribution is -0.138. The Kier molecular flexibility index (Phi) is 3.02. The van der Waals surface area contributed by atoms with Crippen molar-refractivity contribution in [2.45, 2.75) is 19.0 Å². The fourth-order valence-electron chi connectivity index (χ4n) is 2.54. The molecule has 1 aliphatic rings. The second-order valence-corrected chi connectivity index (χ2v) is 4.72. The molecule has 3 rings (SSSR count). The molecule has 20 heavy (non-hydrogen) atoms. The largest absolute Gasteiger partial charge is 0.481 e. The van der Waals surface area contributed by atoms with Crippen molar-refractivity contribution < 1.29 is 19.1 Å². The van der Waals surface area contributed by atoms with Gasteiger partial charge in [0.1, 0.15) is 11.8 Å². The quantitative estimate of drug-likeness (QED) is 0.927. The highest BCUT2D eigenvalue weighted by atomic mass is 16.4. The SMILES string of the molecule is O=C(O)C[C@@H](c1ccco1)N1Cc2ccccc2C1=O. The first kappa shape index (κ1) is 12.5. The molecule has 5 heteroatoms. The van der Waals surface area contributed by atoms with Crippen LogP contribution in [0.1, 0.15) is 34.1 Å². The van der Waals surface area contributed by atoms with Gasteiger partial charge < -0.3 is 14.4 Å². The van der Waals surface area contributed by atoms with E-state index in [0.717, 1.165) is 5.56 Å². The van der Waals surface area contributed by atoms with Gasteiger partial charge in [0, 0.05) is 12.1 Å². The van der Waals surface area contributed by atoms with E-state index < -0.39 is 12.0 Å². The van der Waals surface area contributed by atoms with E-state index in [0.29, 0.717) is 17.9 Å². The number of rotatable bonds is 4. The molecular formula is C15H13NO4. The molecule has 0 fully saturated rings. The molecule has 1 aromatic heterocycles. The van der Waals surface area contributed by atoms with Crippen LogP contribution in [0.3, 0.4) is 0 Å². The van der Waals surface area contributed by atoms with E-state index in [1.54, 1.807) is 29.2 Å². The summed E-state index contributed by atoms with van der Waals surface area (Å²) in [5.74, 6) is -0.619. The molecule has 1 aromatic carbocycles. The molecule has 0 aliphatic carbocycles. The number of hydrogen-bond donors (Lipinski definition) is 1. The Morgan fingerprint density at radius 1 is 1.30 bits per heavy atom. The van der Waals surface area contributed by atoms with Gasteiger partial charge in [0.05, 0.1) is 12.7 Å². The number of carboxylic acid groups (broad SMARTS) is 1. The van der Waals surface area contributed by atoms with Gasteiger partial charge in [-0.2, -0.15) is 0 Å². The zero-order valence-corrected chi connectivity index (χ0v) is 10.7. The van der Waals surface area contributed by atoms with Gasteiger partial charge in [-0.05, 0) is 23.8 Å². The summed E-state index contributed by atoms with van der Waals surface area (Å²) in [4.78, 5) is 25.0. The van der Waals surface area contributed by atoms with E-state index in [9.17, 15) is 9.59 Å². The van der Waals surface area contributed by atoms with Gasteiger partial charge >= 0.3 is 5.97 Å². The molecule has 1 N–H and O–H groups in total. The van der Waals surface area contributed by atoms with Gasteiger partial charge in [-0.15, -0.1) is 0 Å². The molecular weight excluding hydrogens is 258 g/mol. The minimum atomic E-state index is -0.963. The lowest BCUT2D eigenvalue weighted by Crippen LogP contribution is -2.30. The predicted octanol–water partition coefficient (Wildman–Crippen LogP) is 2.45. The number of aliphatic carboxylic acids is 1. The number of hydrogen-bond acceptors (Lipinski definition) is 3. The van der Waals surface area contributed by atoms with Gasteiger partial charge in [-0.3, -0.25) is 9.59 Å². The number of carbonyl (C=O) groups excluding carboxylic acids is 1. The summed E-state index contributed by atoms with van der Waals surface area (Å²) in [6.07, 6.45) is 1.31. The summed E-state index contributed by atoms with van der Waals surface area (Å²) in [6.45, 7) is 0.410. The van der Waals surface area contributed by atoms with E-state index in [-0.39, 0.29) is 12.3 Å². The van der Waals surface area contributed by atoms with Crippen LogP contribution in [-0.4, -0.2) is 21.9 Å². The topological polar surface area (TPSA) is 70.8 Å². The van der Waals surface area contributed by atoms with Gasteiger partial charge in [-0.1, -0.05) is 18.2 Å². The molecule has 1 amide bonds. The average Bonchev–Trinajstić information content (AvgIpc) is 3.05. The molecule has 0 spiro atoms. The molecule has 5 nitrogen and oxygen atoms in total. The highest BCUT2D eigenvalue weighted by Gasteiger charge is 2.35. The maximum absolute atomic E-state index is 12.4. The van der Waals surface area contributed by atoms with E-state index in [1.807, 2.05) is 12.1 Å². The zero-order chi connectivity index (χ0) is 14.1. The Balaban J connectivity index is 1.94. The van der Waals surface area contributed by atoms with Crippen LogP contribution < -0.4 is 0 Å². The molecule has 0 saturated carbocycles. The lowest BCUT2D eigenvalue weighted by atomic mass is 10.1. The summed E-state index contributed by atoms with van der Waals surface area (Å²) in [5.41, 5.74) is 1.55. The van der Waals surface area contributed by atoms with Crippen molar-refractivity contribution >= 4 is 11.9 Å². The number of carboxylic acids is 1. The molecule has 0 saturated heterocycles. The van der Waals surface area contributed by atoms with E-state index in [1.165, 1.54) is 6.26 Å². The lowest BCUT2D eigenvalue weighted by Gasteiger charge is -2.24. The first-order valence-corrected chi connectivity index (χ1v) is 6.31. The standard InChI is InChI=1S/C15H13NO4/c17-14(18)8-12(13-6-3-7-20-13)16-9-10-4-1-2-5-11(10)15(16)19/h1-7,12H,8-9H2,(H,17,18)/t12-/m0/s1. The van der Waals surface area contributed by atoms with Crippen LogP contribution in [0.2, 0.25) is 0 Å². The maximum Gasteiger partial charge on any atom is 0.305 e. The fourth-order valence-corrected chi connectivity index (χ4v) is 2.54. The van der Waals surface area contributed by atoms with Crippen molar-refractivity contribution in [2.75, 3.05) is 0 Å². The van der Waals surface area contributed by atoms with Crippen molar-refractivity contribution in [3.63, 3.8) is 0 Å². The van der Waals surface area contributed by atoms with Gasteiger partial charge in [0.15, 0.2) is 0 Å². The molecule has 0 bridgehead atoms. The summed E-state index contributed by atoms with van der Waals surface area (Å²) in [5, 5.41) is 9.07. The highest BCUT2D eigenvalue weighted by Crippen LogP contribution is 2.33. The summed E-state index contributed by atoms with van der Waals surface area (Å²) >= 11 is 0. The van der Waals surface area contributed by atoms with Gasteiger partial charge in [-0.25, -0.2) is 0 Å². The minimum absolute atomic E-state index is 0.150. The fraction of sp³-hybridized carbons (Fsp3) is 0.200. The number of fused-ring (bicyclic) bond motifs is 1. The third kappa shape index (κ3) is 2.07. The summed E-state index contributed by atoms with van der Waals surface area (Å²) in [6, 6.07) is 10.1. The van der Waals surface area contributed by atoms with Crippen molar-refractivity contribution in [1.82, 2.24) is 4.90 Å². The summed E-state index contributed by atoms with van der Waals surface area (Å²) in [7, 11) is 0. The first-order chi connectivity index (χ1) is 9.66. The first-order valence-electron chi connectivity index (χ1n) is 6.31. The van der Waals surface area contributed by atoms with E-state index in [4.69, 9.17) is 9.52 Å². The van der Waals surface area contributed by atoms with E-state index >= 15 is 0 Å². The average molecular weight is 271 g/mol. The predicted molar refractivity (Wildman–Crippen MR) is 70.0 cm³/mol. The zero-order valence-electron chi connectivity index (χ0n) is 10.7.